The van der Waals surface area contributed by atoms with Crippen LogP contribution in [0.2, 0.25) is 0 Å². The van der Waals surface area contributed by atoms with Gasteiger partial charge < -0.3 is 14.0 Å². The molecule has 0 fully saturated rings. The van der Waals surface area contributed by atoms with E-state index in [-0.39, 0.29) is 11.7 Å². The summed E-state index contributed by atoms with van der Waals surface area (Å²) in [6.45, 7) is 2.66. The van der Waals surface area contributed by atoms with Gasteiger partial charge in [0.1, 0.15) is 0 Å². The molecular weight excluding hydrogens is 414 g/mol. The minimum Gasteiger partial charge on any atom is -0.493 e. The van der Waals surface area contributed by atoms with Crippen molar-refractivity contribution < 1.29 is 14.3 Å². The predicted octanol–water partition coefficient (Wildman–Crippen LogP) is 3.52. The van der Waals surface area contributed by atoms with E-state index >= 15 is 0 Å². The number of rotatable bonds is 10. The van der Waals surface area contributed by atoms with Crippen molar-refractivity contribution in [3.05, 3.63) is 54.1 Å². The van der Waals surface area contributed by atoms with E-state index in [0.717, 1.165) is 23.4 Å². The van der Waals surface area contributed by atoms with Crippen molar-refractivity contribution in [1.29, 1.82) is 0 Å². The monoisotopic (exact) mass is 439 g/mol. The molecule has 0 unspecified atom stereocenters. The van der Waals surface area contributed by atoms with Gasteiger partial charge in [-0.2, -0.15) is 5.10 Å². The van der Waals surface area contributed by atoms with E-state index in [9.17, 15) is 4.79 Å². The van der Waals surface area contributed by atoms with Gasteiger partial charge in [-0.05, 0) is 30.2 Å². The fourth-order valence-corrected chi connectivity index (χ4v) is 3.42. The molecule has 0 aliphatic rings. The number of nitrogens with zero attached hydrogens (tertiary/aromatic N) is 4. The number of hydrogen-bond acceptors (Lipinski definition) is 7. The Balaban J connectivity index is 1.53. The fourth-order valence-electron chi connectivity index (χ4n) is 2.72. The molecule has 9 heteroatoms. The molecule has 0 saturated carbocycles. The highest BCUT2D eigenvalue weighted by molar-refractivity contribution is 7.99. The number of carbonyl (C=O) groups is 1. The Morgan fingerprint density at radius 3 is 2.74 bits per heavy atom. The number of nitrogens with one attached hydrogen (secondary N) is 1. The molecule has 0 saturated heterocycles. The Kier molecular flexibility index (Phi) is 8.05. The van der Waals surface area contributed by atoms with E-state index in [1.807, 2.05) is 61.0 Å². The standard InChI is InChI=1S/C22H25N5O3S/c1-4-12-30-18-11-10-16(13-19(18)29-3)14-23-24-20(28)15-31-22-26-25-21(27(22)2)17-8-6-5-7-9-17/h5-11,13-14H,4,12,15H2,1-3H3,(H,24,28)/b23-14-. The molecule has 8 nitrogen and oxygen atoms in total. The van der Waals surface area contributed by atoms with Crippen LogP contribution in [0.1, 0.15) is 18.9 Å². The van der Waals surface area contributed by atoms with Gasteiger partial charge in [-0.25, -0.2) is 5.43 Å². The summed E-state index contributed by atoms with van der Waals surface area (Å²) in [6.07, 6.45) is 2.48. The summed E-state index contributed by atoms with van der Waals surface area (Å²) in [5.41, 5.74) is 4.28. The summed E-state index contributed by atoms with van der Waals surface area (Å²) in [6, 6.07) is 15.3. The minimum absolute atomic E-state index is 0.172. The normalized spacial score (nSPS) is 10.9. The zero-order chi connectivity index (χ0) is 22.1. The van der Waals surface area contributed by atoms with Crippen molar-refractivity contribution in [2.75, 3.05) is 19.5 Å². The summed E-state index contributed by atoms with van der Waals surface area (Å²) in [4.78, 5) is 12.1. The third kappa shape index (κ3) is 6.08. The average molecular weight is 440 g/mol. The van der Waals surface area contributed by atoms with Crippen LogP contribution in [0.25, 0.3) is 11.4 Å². The van der Waals surface area contributed by atoms with Crippen LogP contribution in [0.4, 0.5) is 0 Å². The number of aromatic nitrogens is 3. The third-order valence-corrected chi connectivity index (χ3v) is 5.27. The van der Waals surface area contributed by atoms with Crippen molar-refractivity contribution in [3.8, 4) is 22.9 Å². The van der Waals surface area contributed by atoms with Crippen LogP contribution in [-0.4, -0.2) is 46.4 Å². The smallest absolute Gasteiger partial charge is 0.250 e. The van der Waals surface area contributed by atoms with Crippen molar-refractivity contribution in [2.24, 2.45) is 12.1 Å². The average Bonchev–Trinajstić information content (AvgIpc) is 3.17. The number of hydrogen-bond donors (Lipinski definition) is 1. The molecule has 3 rings (SSSR count). The Labute approximate surface area is 185 Å². The molecule has 0 bridgehead atoms. The molecule has 31 heavy (non-hydrogen) atoms. The van der Waals surface area contributed by atoms with E-state index in [4.69, 9.17) is 9.47 Å². The maximum atomic E-state index is 12.1. The van der Waals surface area contributed by atoms with E-state index in [2.05, 4.69) is 20.7 Å². The first-order valence-electron chi connectivity index (χ1n) is 9.82. The SMILES string of the molecule is CCCOc1ccc(/C=N\NC(=O)CSc2nnc(-c3ccccc3)n2C)cc1OC. The maximum absolute atomic E-state index is 12.1. The van der Waals surface area contributed by atoms with Gasteiger partial charge in [0.05, 0.1) is 25.7 Å². The van der Waals surface area contributed by atoms with Gasteiger partial charge in [-0.1, -0.05) is 49.0 Å². The fraction of sp³-hybridized carbons (Fsp3) is 0.273. The van der Waals surface area contributed by atoms with Crippen LogP contribution < -0.4 is 14.9 Å². The number of hydrazone groups is 1. The van der Waals surface area contributed by atoms with Crippen LogP contribution in [0.3, 0.4) is 0 Å². The second-order valence-electron chi connectivity index (χ2n) is 6.57. The van der Waals surface area contributed by atoms with E-state index in [1.165, 1.54) is 11.8 Å². The van der Waals surface area contributed by atoms with Gasteiger partial charge >= 0.3 is 0 Å². The molecule has 1 amide bonds. The van der Waals surface area contributed by atoms with Gasteiger partial charge in [0.25, 0.3) is 5.91 Å². The summed E-state index contributed by atoms with van der Waals surface area (Å²) >= 11 is 1.30. The molecule has 0 atom stereocenters. The highest BCUT2D eigenvalue weighted by Gasteiger charge is 2.12. The highest BCUT2D eigenvalue weighted by atomic mass is 32.2. The zero-order valence-electron chi connectivity index (χ0n) is 17.7. The van der Waals surface area contributed by atoms with Crippen LogP contribution >= 0.6 is 11.8 Å². The molecule has 1 heterocycles. The summed E-state index contributed by atoms with van der Waals surface area (Å²) < 4.78 is 12.9. The summed E-state index contributed by atoms with van der Waals surface area (Å²) in [5.74, 6) is 1.99. The van der Waals surface area contributed by atoms with Crippen LogP contribution in [-0.2, 0) is 11.8 Å². The second-order valence-corrected chi connectivity index (χ2v) is 7.51. The highest BCUT2D eigenvalue weighted by Crippen LogP contribution is 2.27. The molecule has 0 spiro atoms. The number of thioether (sulfide) groups is 1. The van der Waals surface area contributed by atoms with Crippen molar-refractivity contribution in [3.63, 3.8) is 0 Å². The number of ether oxygens (including phenoxy) is 2. The van der Waals surface area contributed by atoms with Gasteiger partial charge in [0, 0.05) is 12.6 Å². The quantitative estimate of drug-likeness (QED) is 0.295. The third-order valence-electron chi connectivity index (χ3n) is 4.25. The van der Waals surface area contributed by atoms with Crippen LogP contribution in [0, 0.1) is 0 Å². The molecule has 3 aromatic rings. The number of benzene rings is 2. The molecule has 0 aliphatic carbocycles. The molecule has 1 aromatic heterocycles. The molecule has 0 radical (unpaired) electrons. The first-order chi connectivity index (χ1) is 15.1. The molecule has 162 valence electrons. The first-order valence-corrected chi connectivity index (χ1v) is 10.8. The molecule has 0 aliphatic heterocycles. The zero-order valence-corrected chi connectivity index (χ0v) is 18.6. The Bertz CT molecular complexity index is 1040. The minimum atomic E-state index is -0.236. The van der Waals surface area contributed by atoms with E-state index < -0.39 is 0 Å². The van der Waals surface area contributed by atoms with E-state index in [1.54, 1.807) is 19.4 Å². The number of amides is 1. The summed E-state index contributed by atoms with van der Waals surface area (Å²) in [5, 5.41) is 13.1. The lowest BCUT2D eigenvalue weighted by atomic mass is 10.2. The van der Waals surface area contributed by atoms with E-state index in [0.29, 0.717) is 23.3 Å². The van der Waals surface area contributed by atoms with Crippen LogP contribution in [0.15, 0.2) is 58.8 Å². The Morgan fingerprint density at radius 1 is 1.19 bits per heavy atom. The number of methoxy groups -OCH3 is 1. The van der Waals surface area contributed by atoms with Gasteiger partial charge in [0.15, 0.2) is 22.5 Å². The predicted molar refractivity (Wildman–Crippen MR) is 122 cm³/mol. The number of carbonyl (C=O) groups excluding carboxylic acids is 1. The second kappa shape index (κ2) is 11.2. The lowest BCUT2D eigenvalue weighted by molar-refractivity contribution is -0.118. The van der Waals surface area contributed by atoms with Gasteiger partial charge in [-0.3, -0.25) is 4.79 Å². The lowest BCUT2D eigenvalue weighted by Gasteiger charge is -2.10. The lowest BCUT2D eigenvalue weighted by Crippen LogP contribution is -2.19. The van der Waals surface area contributed by atoms with Gasteiger partial charge in [-0.15, -0.1) is 10.2 Å². The topological polar surface area (TPSA) is 90.6 Å². The Morgan fingerprint density at radius 2 is 2.00 bits per heavy atom. The summed E-state index contributed by atoms with van der Waals surface area (Å²) in [7, 11) is 3.46. The molecular formula is C22H25N5O3S. The van der Waals surface area contributed by atoms with Crippen molar-refractivity contribution in [2.45, 2.75) is 18.5 Å². The van der Waals surface area contributed by atoms with Crippen molar-refractivity contribution in [1.82, 2.24) is 20.2 Å². The molecule has 2 aromatic carbocycles. The van der Waals surface area contributed by atoms with Crippen molar-refractivity contribution >= 4 is 23.9 Å². The first kappa shape index (κ1) is 22.4. The maximum Gasteiger partial charge on any atom is 0.250 e. The Hall–Kier alpha value is -3.33. The molecule has 1 N–H and O–H groups in total. The van der Waals surface area contributed by atoms with Gasteiger partial charge in [0.2, 0.25) is 0 Å². The largest absolute Gasteiger partial charge is 0.493 e. The van der Waals surface area contributed by atoms with Crippen LogP contribution in [0.5, 0.6) is 11.5 Å².